The molecule has 0 aromatic rings. The van der Waals surface area contributed by atoms with Gasteiger partial charge in [0.05, 0.1) is 25.1 Å². The number of rotatable bonds is 12. The molecule has 2 N–H and O–H groups in total. The van der Waals surface area contributed by atoms with Gasteiger partial charge in [-0.3, -0.25) is 4.52 Å². The Hall–Kier alpha value is -0.0200. The lowest BCUT2D eigenvalue weighted by atomic mass is 9.95. The first kappa shape index (κ1) is 24.0. The van der Waals surface area contributed by atoms with E-state index in [0.29, 0.717) is 19.3 Å². The van der Waals surface area contributed by atoms with Crippen molar-refractivity contribution >= 4 is 17.8 Å². The van der Waals surface area contributed by atoms with Crippen molar-refractivity contribution in [3.05, 3.63) is 0 Å². The van der Waals surface area contributed by atoms with Crippen molar-refractivity contribution in [3.8, 4) is 0 Å². The molecule has 146 valence electrons. The highest BCUT2D eigenvalue weighted by atomic mass is 32.2. The molecule has 24 heavy (non-hydrogen) atoms. The van der Waals surface area contributed by atoms with Crippen molar-refractivity contribution in [2.45, 2.75) is 71.6 Å². The fourth-order valence-corrected chi connectivity index (χ4v) is 4.14. The van der Waals surface area contributed by atoms with Gasteiger partial charge >= 0.3 is 7.82 Å². The molecule has 10 heteroatoms. The molecule has 0 aliphatic rings. The number of nitrogens with zero attached hydrogens (tertiary/aromatic N) is 1. The second-order valence-electron chi connectivity index (χ2n) is 6.26. The second kappa shape index (κ2) is 9.62. The van der Waals surface area contributed by atoms with Crippen LogP contribution in [0.2, 0.25) is 0 Å². The minimum Gasteiger partial charge on any atom is -0.371 e. The first-order valence-electron chi connectivity index (χ1n) is 8.12. The third-order valence-corrected chi connectivity index (χ3v) is 6.20. The Morgan fingerprint density at radius 2 is 1.71 bits per heavy atom. The van der Waals surface area contributed by atoms with E-state index in [9.17, 15) is 13.0 Å². The molecule has 0 amide bonds. The summed E-state index contributed by atoms with van der Waals surface area (Å²) >= 11 is 0. The van der Waals surface area contributed by atoms with Crippen LogP contribution in [0, 0.1) is 0 Å². The first-order valence-corrected chi connectivity index (χ1v) is 11.5. The van der Waals surface area contributed by atoms with Crippen molar-refractivity contribution in [2.75, 3.05) is 19.4 Å². The Bertz CT molecular complexity index is 515. The van der Waals surface area contributed by atoms with Crippen molar-refractivity contribution in [3.63, 3.8) is 0 Å². The minimum absolute atomic E-state index is 0.0264. The molecule has 0 unspecified atom stereocenters. The fourth-order valence-electron chi connectivity index (χ4n) is 2.28. The summed E-state index contributed by atoms with van der Waals surface area (Å²) < 4.78 is 47.1. The van der Waals surface area contributed by atoms with Crippen molar-refractivity contribution < 1.29 is 32.0 Å². The summed E-state index contributed by atoms with van der Waals surface area (Å²) in [6, 6.07) is 0. The first-order chi connectivity index (χ1) is 10.8. The van der Waals surface area contributed by atoms with Gasteiger partial charge in [-0.15, -0.1) is 0 Å². The highest BCUT2D eigenvalue weighted by Crippen LogP contribution is 2.36. The van der Waals surface area contributed by atoms with Gasteiger partial charge in [-0.2, -0.15) is 4.31 Å². The zero-order chi connectivity index (χ0) is 19.2. The van der Waals surface area contributed by atoms with Gasteiger partial charge in [-0.05, 0) is 33.1 Å². The third-order valence-electron chi connectivity index (χ3n) is 4.32. The van der Waals surface area contributed by atoms with Crippen LogP contribution in [0.15, 0.2) is 0 Å². The van der Waals surface area contributed by atoms with Crippen LogP contribution in [0.3, 0.4) is 0 Å². The fraction of sp³-hybridized carbons (Fsp3) is 1.00. The molecule has 0 aromatic carbocycles. The lowest BCUT2D eigenvalue weighted by Gasteiger charge is -2.40. The number of ether oxygens (including phenoxy) is 1. The lowest BCUT2D eigenvalue weighted by molar-refractivity contribution is -0.0467. The van der Waals surface area contributed by atoms with E-state index in [4.69, 9.17) is 14.5 Å². The molecule has 0 radical (unpaired) electrons. The molecule has 0 rings (SSSR count). The van der Waals surface area contributed by atoms with Crippen LogP contribution in [-0.4, -0.2) is 59.7 Å². The maximum atomic E-state index is 12.3. The summed E-state index contributed by atoms with van der Waals surface area (Å²) in [5, 5.41) is 0. The average Bonchev–Trinajstić information content (AvgIpc) is 2.46. The van der Waals surface area contributed by atoms with Gasteiger partial charge in [0.25, 0.3) is 0 Å². The number of sulfonamides is 1. The summed E-state index contributed by atoms with van der Waals surface area (Å²) in [7, 11) is -8.19. The van der Waals surface area contributed by atoms with Crippen LogP contribution in [0.5, 0.6) is 0 Å². The van der Waals surface area contributed by atoms with E-state index in [1.165, 1.54) is 4.31 Å². The molecule has 0 aromatic heterocycles. The van der Waals surface area contributed by atoms with E-state index in [1.54, 1.807) is 0 Å². The molecular formula is C14H32NO7PS. The Morgan fingerprint density at radius 1 is 1.21 bits per heavy atom. The zero-order valence-corrected chi connectivity index (χ0v) is 17.1. The molecule has 0 heterocycles. The number of hydrogen-bond acceptors (Lipinski definition) is 5. The van der Waals surface area contributed by atoms with Crippen LogP contribution in [0.1, 0.15) is 53.9 Å². The smallest absolute Gasteiger partial charge is 0.371 e. The van der Waals surface area contributed by atoms with Gasteiger partial charge in [-0.1, -0.05) is 20.8 Å². The van der Waals surface area contributed by atoms with Crippen molar-refractivity contribution in [2.24, 2.45) is 0 Å². The quantitative estimate of drug-likeness (QED) is 0.492. The molecule has 0 spiro atoms. The largest absolute Gasteiger partial charge is 0.469 e. The molecular weight excluding hydrogens is 357 g/mol. The summed E-state index contributed by atoms with van der Waals surface area (Å²) in [4.78, 5) is 17.8. The molecule has 0 bridgehead atoms. The van der Waals surface area contributed by atoms with Crippen LogP contribution in [0.25, 0.3) is 0 Å². The van der Waals surface area contributed by atoms with Crippen LogP contribution in [-0.2, 0) is 23.8 Å². The van der Waals surface area contributed by atoms with E-state index >= 15 is 0 Å². The number of phosphoric acid groups is 1. The normalized spacial score (nSPS) is 16.4. The van der Waals surface area contributed by atoms with E-state index in [0.717, 1.165) is 6.26 Å². The Kier molecular flexibility index (Phi) is 9.61. The topological polar surface area (TPSA) is 113 Å². The predicted octanol–water partition coefficient (Wildman–Crippen LogP) is 2.12. The molecule has 0 aliphatic carbocycles. The Balaban J connectivity index is 5.45. The highest BCUT2D eigenvalue weighted by molar-refractivity contribution is 7.88. The lowest BCUT2D eigenvalue weighted by Crippen LogP contribution is -2.52. The Morgan fingerprint density at radius 3 is 2.04 bits per heavy atom. The van der Waals surface area contributed by atoms with Crippen molar-refractivity contribution in [1.29, 1.82) is 0 Å². The summed E-state index contributed by atoms with van der Waals surface area (Å²) in [5.41, 5.74) is -0.604. The van der Waals surface area contributed by atoms with Gasteiger partial charge in [-0.25, -0.2) is 13.0 Å². The van der Waals surface area contributed by atoms with Gasteiger partial charge in [0.2, 0.25) is 10.0 Å². The summed E-state index contributed by atoms with van der Waals surface area (Å²) in [6.45, 7) is 8.95. The zero-order valence-electron chi connectivity index (χ0n) is 15.4. The maximum Gasteiger partial charge on any atom is 0.469 e. The van der Waals surface area contributed by atoms with Crippen LogP contribution < -0.4 is 0 Å². The average molecular weight is 389 g/mol. The van der Waals surface area contributed by atoms with E-state index in [2.05, 4.69) is 4.52 Å². The molecule has 0 saturated carbocycles. The van der Waals surface area contributed by atoms with Crippen molar-refractivity contribution in [1.82, 2.24) is 4.31 Å². The van der Waals surface area contributed by atoms with Crippen LogP contribution in [0.4, 0.5) is 0 Å². The second-order valence-corrected chi connectivity index (χ2v) is 9.41. The number of phosphoric ester groups is 1. The van der Waals surface area contributed by atoms with Gasteiger partial charge in [0, 0.05) is 12.1 Å². The SMILES string of the molecule is CC[C@H](C)O[C@H](COP(=O)(O)O)CN(C(C)(CC)CC)S(C)(=O)=O. The number of hydrogen-bond donors (Lipinski definition) is 2. The van der Waals surface area contributed by atoms with Crippen LogP contribution >= 0.6 is 7.82 Å². The Labute approximate surface area is 145 Å². The van der Waals surface area contributed by atoms with E-state index in [-0.39, 0.29) is 19.3 Å². The van der Waals surface area contributed by atoms with Gasteiger partial charge in [0.15, 0.2) is 0 Å². The van der Waals surface area contributed by atoms with Gasteiger partial charge in [0.1, 0.15) is 0 Å². The molecule has 2 atom stereocenters. The molecule has 0 fully saturated rings. The summed E-state index contributed by atoms with van der Waals surface area (Å²) in [6.07, 6.45) is 2.05. The molecule has 0 saturated heterocycles. The van der Waals surface area contributed by atoms with E-state index in [1.807, 2.05) is 34.6 Å². The minimum atomic E-state index is -4.66. The predicted molar refractivity (Wildman–Crippen MR) is 93.2 cm³/mol. The molecule has 0 aliphatic heterocycles. The monoisotopic (exact) mass is 389 g/mol. The highest BCUT2D eigenvalue weighted by Gasteiger charge is 2.37. The molecule has 8 nitrogen and oxygen atoms in total. The van der Waals surface area contributed by atoms with E-state index < -0.39 is 29.5 Å². The summed E-state index contributed by atoms with van der Waals surface area (Å²) in [5.74, 6) is 0. The standard InChI is InChI=1S/C14H32NO7PS/c1-7-12(4)22-13(11-21-23(16,17)18)10-15(24(6,19)20)14(5,8-2)9-3/h12-13H,7-11H2,1-6H3,(H2,16,17,18)/t12-,13-/m0/s1. The third kappa shape index (κ3) is 8.38. The van der Waals surface area contributed by atoms with Gasteiger partial charge < -0.3 is 14.5 Å². The maximum absolute atomic E-state index is 12.3.